The van der Waals surface area contributed by atoms with Crippen LogP contribution >= 0.6 is 0 Å². The SMILES string of the molecule is Cc1c(C=Nn2c(-c3cc4ccccc4o3)nc3ccccc3c2=O)c2ccccc2n1CC(C)(C)C. The average molecular weight is 489 g/mol. The molecule has 6 rings (SSSR count). The highest BCUT2D eigenvalue weighted by Crippen LogP contribution is 2.30. The molecule has 0 radical (unpaired) electrons. The van der Waals surface area contributed by atoms with Crippen molar-refractivity contribution in [1.82, 2.24) is 14.2 Å². The number of para-hydroxylation sites is 3. The largest absolute Gasteiger partial charge is 0.453 e. The number of hydrogen-bond donors (Lipinski definition) is 0. The van der Waals surface area contributed by atoms with Gasteiger partial charge in [0.15, 0.2) is 5.76 Å². The Balaban J connectivity index is 1.57. The summed E-state index contributed by atoms with van der Waals surface area (Å²) in [6.07, 6.45) is 1.78. The zero-order valence-corrected chi connectivity index (χ0v) is 21.4. The molecule has 0 saturated carbocycles. The molecular formula is C31H28N4O2. The molecule has 3 heterocycles. The van der Waals surface area contributed by atoms with E-state index in [1.165, 1.54) is 4.68 Å². The maximum atomic E-state index is 13.7. The molecule has 0 unspecified atom stereocenters. The molecule has 6 nitrogen and oxygen atoms in total. The van der Waals surface area contributed by atoms with Crippen LogP contribution in [0.15, 0.2) is 93.2 Å². The summed E-state index contributed by atoms with van der Waals surface area (Å²) in [5, 5.41) is 7.28. The second kappa shape index (κ2) is 8.59. The van der Waals surface area contributed by atoms with Crippen molar-refractivity contribution in [2.24, 2.45) is 10.5 Å². The molecule has 0 saturated heterocycles. The van der Waals surface area contributed by atoms with E-state index in [0.717, 1.165) is 39.7 Å². The summed E-state index contributed by atoms with van der Waals surface area (Å²) < 4.78 is 9.79. The third kappa shape index (κ3) is 4.04. The third-order valence-corrected chi connectivity index (χ3v) is 6.61. The number of aromatic nitrogens is 3. The first-order valence-corrected chi connectivity index (χ1v) is 12.4. The number of fused-ring (bicyclic) bond motifs is 3. The summed E-state index contributed by atoms with van der Waals surface area (Å²) in [7, 11) is 0. The van der Waals surface area contributed by atoms with Crippen molar-refractivity contribution < 1.29 is 4.42 Å². The van der Waals surface area contributed by atoms with Gasteiger partial charge in [-0.05, 0) is 42.7 Å². The predicted octanol–water partition coefficient (Wildman–Crippen LogP) is 7.00. The van der Waals surface area contributed by atoms with Crippen LogP contribution in [0.2, 0.25) is 0 Å². The summed E-state index contributed by atoms with van der Waals surface area (Å²) in [4.78, 5) is 18.5. The van der Waals surface area contributed by atoms with Crippen molar-refractivity contribution in [1.29, 1.82) is 0 Å². The molecule has 3 aromatic carbocycles. The number of hydrogen-bond acceptors (Lipinski definition) is 4. The lowest BCUT2D eigenvalue weighted by Crippen LogP contribution is -2.20. The number of benzene rings is 3. The van der Waals surface area contributed by atoms with Gasteiger partial charge >= 0.3 is 0 Å². The van der Waals surface area contributed by atoms with Gasteiger partial charge in [0.2, 0.25) is 5.82 Å². The molecule has 6 heteroatoms. The fraction of sp³-hybridized carbons (Fsp3) is 0.194. The zero-order valence-electron chi connectivity index (χ0n) is 21.4. The van der Waals surface area contributed by atoms with Crippen molar-refractivity contribution >= 4 is 39.0 Å². The Hall–Kier alpha value is -4.45. The number of nitrogens with zero attached hydrogens (tertiary/aromatic N) is 4. The summed E-state index contributed by atoms with van der Waals surface area (Å²) in [6, 6.07) is 25.3. The molecule has 37 heavy (non-hydrogen) atoms. The van der Waals surface area contributed by atoms with Gasteiger partial charge in [-0.15, -0.1) is 0 Å². The lowest BCUT2D eigenvalue weighted by atomic mass is 9.96. The maximum Gasteiger partial charge on any atom is 0.282 e. The molecule has 0 amide bonds. The highest BCUT2D eigenvalue weighted by Gasteiger charge is 2.19. The van der Waals surface area contributed by atoms with Crippen molar-refractivity contribution in [3.05, 3.63) is 100 Å². The molecule has 0 spiro atoms. The molecule has 0 bridgehead atoms. The van der Waals surface area contributed by atoms with E-state index in [4.69, 9.17) is 14.5 Å². The van der Waals surface area contributed by atoms with Gasteiger partial charge in [-0.3, -0.25) is 4.79 Å². The second-order valence-electron chi connectivity index (χ2n) is 10.6. The van der Waals surface area contributed by atoms with Crippen LogP contribution in [-0.2, 0) is 6.54 Å². The smallest absolute Gasteiger partial charge is 0.282 e. The Morgan fingerprint density at radius 3 is 2.43 bits per heavy atom. The van der Waals surface area contributed by atoms with Crippen LogP contribution in [0, 0.1) is 12.3 Å². The number of rotatable bonds is 4. The molecule has 184 valence electrons. The first-order valence-electron chi connectivity index (χ1n) is 12.4. The highest BCUT2D eigenvalue weighted by molar-refractivity contribution is 6.01. The van der Waals surface area contributed by atoms with Gasteiger partial charge in [0.25, 0.3) is 5.56 Å². The summed E-state index contributed by atoms with van der Waals surface area (Å²) in [5.41, 5.74) is 4.44. The van der Waals surface area contributed by atoms with E-state index in [9.17, 15) is 4.79 Å². The van der Waals surface area contributed by atoms with E-state index >= 15 is 0 Å². The Bertz CT molecular complexity index is 1850. The van der Waals surface area contributed by atoms with E-state index in [2.05, 4.69) is 50.5 Å². The maximum absolute atomic E-state index is 13.7. The first kappa shape index (κ1) is 23.0. The molecule has 0 aliphatic rings. The molecular weight excluding hydrogens is 460 g/mol. The van der Waals surface area contributed by atoms with Gasteiger partial charge in [-0.2, -0.15) is 9.78 Å². The molecule has 0 atom stereocenters. The van der Waals surface area contributed by atoms with Crippen LogP contribution in [-0.4, -0.2) is 20.4 Å². The lowest BCUT2D eigenvalue weighted by molar-refractivity contribution is 0.346. The molecule has 0 fully saturated rings. The van der Waals surface area contributed by atoms with Crippen molar-refractivity contribution in [3.8, 4) is 11.6 Å². The minimum absolute atomic E-state index is 0.106. The van der Waals surface area contributed by atoms with E-state index in [0.29, 0.717) is 22.5 Å². The van der Waals surface area contributed by atoms with E-state index < -0.39 is 0 Å². The summed E-state index contributed by atoms with van der Waals surface area (Å²) in [5.74, 6) is 0.861. The van der Waals surface area contributed by atoms with Gasteiger partial charge in [0, 0.05) is 34.1 Å². The minimum atomic E-state index is -0.242. The van der Waals surface area contributed by atoms with Crippen LogP contribution in [0.4, 0.5) is 0 Å². The van der Waals surface area contributed by atoms with Gasteiger partial charge in [-0.1, -0.05) is 69.3 Å². The van der Waals surface area contributed by atoms with Crippen molar-refractivity contribution in [2.75, 3.05) is 0 Å². The van der Waals surface area contributed by atoms with Crippen LogP contribution in [0.25, 0.3) is 44.4 Å². The Kier molecular flexibility index (Phi) is 5.33. The van der Waals surface area contributed by atoms with Crippen LogP contribution in [0.3, 0.4) is 0 Å². The zero-order chi connectivity index (χ0) is 25.7. The Morgan fingerprint density at radius 1 is 0.946 bits per heavy atom. The Labute approximate surface area is 214 Å². The minimum Gasteiger partial charge on any atom is -0.453 e. The van der Waals surface area contributed by atoms with Gasteiger partial charge in [-0.25, -0.2) is 4.98 Å². The topological polar surface area (TPSA) is 65.3 Å². The van der Waals surface area contributed by atoms with Crippen molar-refractivity contribution in [3.63, 3.8) is 0 Å². The second-order valence-corrected chi connectivity index (χ2v) is 10.6. The van der Waals surface area contributed by atoms with E-state index in [1.807, 2.05) is 54.6 Å². The number of furan rings is 1. The van der Waals surface area contributed by atoms with Gasteiger partial charge in [0.05, 0.1) is 17.1 Å². The fourth-order valence-corrected chi connectivity index (χ4v) is 4.90. The summed E-state index contributed by atoms with van der Waals surface area (Å²) in [6.45, 7) is 9.67. The molecule has 0 aliphatic heterocycles. The van der Waals surface area contributed by atoms with E-state index in [1.54, 1.807) is 12.3 Å². The normalized spacial score (nSPS) is 12.4. The lowest BCUT2D eigenvalue weighted by Gasteiger charge is -2.21. The third-order valence-electron chi connectivity index (χ3n) is 6.61. The summed E-state index contributed by atoms with van der Waals surface area (Å²) >= 11 is 0. The standard InChI is InChI=1S/C31H28N4O2/c1-20-24(22-12-7-9-15-26(22)34(20)19-31(2,3)4)18-32-35-29(28-17-21-11-5-10-16-27(21)37-28)33-25-14-8-6-13-23(25)30(35)36/h5-18H,19H2,1-4H3. The monoisotopic (exact) mass is 488 g/mol. The van der Waals surface area contributed by atoms with Crippen LogP contribution in [0.1, 0.15) is 32.0 Å². The highest BCUT2D eigenvalue weighted by atomic mass is 16.3. The quantitative estimate of drug-likeness (QED) is 0.251. The molecule has 6 aromatic rings. The molecule has 0 aliphatic carbocycles. The fourth-order valence-electron chi connectivity index (χ4n) is 4.90. The van der Waals surface area contributed by atoms with Crippen LogP contribution in [0.5, 0.6) is 0 Å². The Morgan fingerprint density at radius 2 is 1.65 bits per heavy atom. The van der Waals surface area contributed by atoms with E-state index in [-0.39, 0.29) is 11.0 Å². The molecule has 3 aromatic heterocycles. The van der Waals surface area contributed by atoms with Crippen molar-refractivity contribution in [2.45, 2.75) is 34.2 Å². The van der Waals surface area contributed by atoms with Gasteiger partial charge < -0.3 is 8.98 Å². The predicted molar refractivity (Wildman–Crippen MR) is 150 cm³/mol. The first-order chi connectivity index (χ1) is 17.8. The molecule has 0 N–H and O–H groups in total. The van der Waals surface area contributed by atoms with Gasteiger partial charge in [0.1, 0.15) is 5.58 Å². The average Bonchev–Trinajstić information content (AvgIpc) is 3.42. The van der Waals surface area contributed by atoms with Crippen LogP contribution < -0.4 is 5.56 Å².